The summed E-state index contributed by atoms with van der Waals surface area (Å²) in [4.78, 5) is 5.95. The van der Waals surface area contributed by atoms with Crippen LogP contribution in [0.15, 0.2) is 46.8 Å². The molecule has 1 aliphatic heterocycles. The standard InChI is InChI=1S/C28H35ClFN5O4S2/c1-34-16-19(17-34)32-23-6-4-5-7-24(23)33-25-14-22(30)27(13-21(25)29)41(36,37)35(28-31-10-11-40-28)15-18-8-9-20(38-2)12-26(18)39-3/h8-14,19,23-24,32-33H,4-7,15-17H2,1-3H3/t23-,24?/m0/s1. The van der Waals surface area contributed by atoms with E-state index in [1.54, 1.807) is 23.6 Å². The van der Waals surface area contributed by atoms with Gasteiger partial charge >= 0.3 is 0 Å². The van der Waals surface area contributed by atoms with Gasteiger partial charge in [-0.1, -0.05) is 24.4 Å². The van der Waals surface area contributed by atoms with E-state index in [1.807, 2.05) is 0 Å². The molecule has 9 nitrogen and oxygen atoms in total. The van der Waals surface area contributed by atoms with Crippen molar-refractivity contribution < 1.29 is 22.3 Å². The number of likely N-dealkylation sites (N-methyl/N-ethyl adjacent to an activating group) is 1. The van der Waals surface area contributed by atoms with Crippen molar-refractivity contribution in [3.63, 3.8) is 0 Å². The van der Waals surface area contributed by atoms with Gasteiger partial charge in [0, 0.05) is 54.4 Å². The van der Waals surface area contributed by atoms with Crippen molar-refractivity contribution in [1.82, 2.24) is 15.2 Å². The Balaban J connectivity index is 1.41. The Kier molecular flexibility index (Phi) is 9.24. The highest BCUT2D eigenvalue weighted by Gasteiger charge is 2.34. The maximum atomic E-state index is 15.7. The molecule has 222 valence electrons. The molecule has 2 N–H and O–H groups in total. The minimum atomic E-state index is -4.40. The summed E-state index contributed by atoms with van der Waals surface area (Å²) in [5, 5.41) is 9.13. The third kappa shape index (κ3) is 6.56. The largest absolute Gasteiger partial charge is 0.497 e. The van der Waals surface area contributed by atoms with E-state index < -0.39 is 20.7 Å². The van der Waals surface area contributed by atoms with Crippen LogP contribution >= 0.6 is 22.9 Å². The Hall–Kier alpha value is -2.64. The second-order valence-electron chi connectivity index (χ2n) is 10.5. The number of likely N-dealkylation sites (tertiary alicyclic amines) is 1. The Labute approximate surface area is 249 Å². The van der Waals surface area contributed by atoms with Crippen LogP contribution in [0.2, 0.25) is 5.02 Å². The second-order valence-corrected chi connectivity index (χ2v) is 13.6. The van der Waals surface area contributed by atoms with Crippen LogP contribution in [-0.4, -0.2) is 70.8 Å². The summed E-state index contributed by atoms with van der Waals surface area (Å²) in [5.74, 6) is 0.107. The monoisotopic (exact) mass is 623 g/mol. The fraction of sp³-hybridized carbons (Fsp3) is 0.464. The zero-order valence-corrected chi connectivity index (χ0v) is 25.7. The lowest BCUT2D eigenvalue weighted by Gasteiger charge is -2.42. The van der Waals surface area contributed by atoms with Crippen molar-refractivity contribution in [2.24, 2.45) is 0 Å². The minimum absolute atomic E-state index is 0.0587. The average molecular weight is 624 g/mol. The smallest absolute Gasteiger partial charge is 0.269 e. The van der Waals surface area contributed by atoms with E-state index in [9.17, 15) is 8.42 Å². The van der Waals surface area contributed by atoms with E-state index in [0.29, 0.717) is 28.8 Å². The maximum Gasteiger partial charge on any atom is 0.269 e. The van der Waals surface area contributed by atoms with Gasteiger partial charge in [0.25, 0.3) is 10.0 Å². The summed E-state index contributed by atoms with van der Waals surface area (Å²) in [6.45, 7) is 1.87. The number of thiazole rings is 1. The molecule has 1 aliphatic carbocycles. The highest BCUT2D eigenvalue weighted by molar-refractivity contribution is 7.93. The van der Waals surface area contributed by atoms with E-state index in [-0.39, 0.29) is 28.8 Å². The van der Waals surface area contributed by atoms with Gasteiger partial charge in [0.2, 0.25) is 0 Å². The van der Waals surface area contributed by atoms with Gasteiger partial charge in [-0.3, -0.25) is 0 Å². The first-order valence-electron chi connectivity index (χ1n) is 13.5. The predicted octanol–water partition coefficient (Wildman–Crippen LogP) is 4.98. The number of methoxy groups -OCH3 is 2. The molecule has 0 amide bonds. The van der Waals surface area contributed by atoms with Crippen LogP contribution in [-0.2, 0) is 16.6 Å². The van der Waals surface area contributed by atoms with Crippen LogP contribution in [0.1, 0.15) is 31.2 Å². The number of sulfonamides is 1. The fourth-order valence-corrected chi connectivity index (χ4v) is 8.12. The van der Waals surface area contributed by atoms with Gasteiger partial charge in [0.15, 0.2) is 5.13 Å². The number of aromatic nitrogens is 1. The van der Waals surface area contributed by atoms with E-state index >= 15 is 4.39 Å². The molecule has 0 spiro atoms. The molecule has 0 bridgehead atoms. The molecule has 13 heteroatoms. The average Bonchev–Trinajstić information content (AvgIpc) is 3.48. The molecular weight excluding hydrogens is 589 g/mol. The summed E-state index contributed by atoms with van der Waals surface area (Å²) in [6.07, 6.45) is 5.62. The lowest BCUT2D eigenvalue weighted by Crippen LogP contribution is -2.61. The third-order valence-corrected chi connectivity index (χ3v) is 10.6. The molecule has 0 radical (unpaired) electrons. The highest BCUT2D eigenvalue weighted by atomic mass is 35.5. The van der Waals surface area contributed by atoms with Crippen LogP contribution in [0.3, 0.4) is 0 Å². The molecule has 2 atom stereocenters. The second kappa shape index (κ2) is 12.7. The molecule has 2 aromatic carbocycles. The van der Waals surface area contributed by atoms with Crippen molar-refractivity contribution in [2.75, 3.05) is 44.0 Å². The van der Waals surface area contributed by atoms with E-state index in [1.165, 1.54) is 32.5 Å². The lowest BCUT2D eigenvalue weighted by molar-refractivity contribution is 0.140. The van der Waals surface area contributed by atoms with Crippen LogP contribution in [0.5, 0.6) is 11.5 Å². The zero-order chi connectivity index (χ0) is 29.1. The van der Waals surface area contributed by atoms with Crippen molar-refractivity contribution in [3.8, 4) is 11.5 Å². The number of hydrogen-bond acceptors (Lipinski definition) is 9. The number of benzene rings is 2. The molecular formula is C28H35ClFN5O4S2. The number of ether oxygens (including phenoxy) is 2. The van der Waals surface area contributed by atoms with Gasteiger partial charge in [-0.05, 0) is 44.2 Å². The molecule has 1 saturated heterocycles. The van der Waals surface area contributed by atoms with Crippen LogP contribution in [0, 0.1) is 5.82 Å². The number of nitrogens with one attached hydrogen (secondary N) is 2. The summed E-state index contributed by atoms with van der Waals surface area (Å²) in [5.41, 5.74) is 0.940. The van der Waals surface area contributed by atoms with Gasteiger partial charge in [-0.25, -0.2) is 22.1 Å². The molecule has 2 fully saturated rings. The number of halogens is 2. The zero-order valence-electron chi connectivity index (χ0n) is 23.3. The van der Waals surface area contributed by atoms with E-state index in [4.69, 9.17) is 21.1 Å². The van der Waals surface area contributed by atoms with Gasteiger partial charge in [-0.15, -0.1) is 11.3 Å². The first-order chi connectivity index (χ1) is 19.7. The number of rotatable bonds is 11. The van der Waals surface area contributed by atoms with E-state index in [0.717, 1.165) is 54.4 Å². The summed E-state index contributed by atoms with van der Waals surface area (Å²) in [6, 6.07) is 8.18. The Morgan fingerprint density at radius 2 is 1.90 bits per heavy atom. The first-order valence-corrected chi connectivity index (χ1v) is 16.2. The molecule has 1 saturated carbocycles. The van der Waals surface area contributed by atoms with Crippen molar-refractivity contribution in [1.29, 1.82) is 0 Å². The van der Waals surface area contributed by atoms with Crippen LogP contribution in [0.25, 0.3) is 0 Å². The summed E-state index contributed by atoms with van der Waals surface area (Å²) >= 11 is 7.76. The van der Waals surface area contributed by atoms with Gasteiger partial charge in [0.1, 0.15) is 22.2 Å². The third-order valence-electron chi connectivity index (χ3n) is 7.65. The molecule has 2 aliphatic rings. The molecule has 41 heavy (non-hydrogen) atoms. The number of hydrogen-bond donors (Lipinski definition) is 2. The summed E-state index contributed by atoms with van der Waals surface area (Å²) < 4.78 is 55.4. The van der Waals surface area contributed by atoms with E-state index in [2.05, 4.69) is 27.6 Å². The molecule has 3 aromatic rings. The highest BCUT2D eigenvalue weighted by Crippen LogP contribution is 2.36. The summed E-state index contributed by atoms with van der Waals surface area (Å²) in [7, 11) is 0.710. The quantitative estimate of drug-likeness (QED) is 0.309. The molecule has 1 aromatic heterocycles. The maximum absolute atomic E-state index is 15.7. The Bertz CT molecular complexity index is 1450. The molecule has 5 rings (SSSR count). The fourth-order valence-electron chi connectivity index (χ4n) is 5.50. The van der Waals surface area contributed by atoms with Crippen molar-refractivity contribution >= 4 is 43.8 Å². The Morgan fingerprint density at radius 3 is 2.56 bits per heavy atom. The SMILES string of the molecule is COc1ccc(CN(c2nccs2)S(=O)(=O)c2cc(Cl)c(NC3CCCC[C@@H]3NC3CN(C)C3)cc2F)c(OC)c1. The van der Waals surface area contributed by atoms with Gasteiger partial charge in [-0.2, -0.15) is 0 Å². The molecule has 1 unspecified atom stereocenters. The Morgan fingerprint density at radius 1 is 1.15 bits per heavy atom. The lowest BCUT2D eigenvalue weighted by atomic mass is 9.89. The normalized spacial score (nSPS) is 19.9. The van der Waals surface area contributed by atoms with Crippen LogP contribution in [0.4, 0.5) is 15.2 Å². The van der Waals surface area contributed by atoms with Gasteiger partial charge < -0.3 is 25.0 Å². The molecule has 2 heterocycles. The predicted molar refractivity (Wildman–Crippen MR) is 161 cm³/mol. The number of nitrogens with zero attached hydrogens (tertiary/aromatic N) is 3. The van der Waals surface area contributed by atoms with Crippen LogP contribution < -0.4 is 24.4 Å². The minimum Gasteiger partial charge on any atom is -0.497 e. The van der Waals surface area contributed by atoms with Crippen molar-refractivity contribution in [2.45, 2.75) is 55.2 Å². The topological polar surface area (TPSA) is 96.0 Å². The van der Waals surface area contributed by atoms with Gasteiger partial charge in [0.05, 0.1) is 31.5 Å². The number of anilines is 2. The first kappa shape index (κ1) is 29.8. The van der Waals surface area contributed by atoms with Crippen molar-refractivity contribution in [3.05, 3.63) is 58.3 Å².